The Bertz CT molecular complexity index is 885. The monoisotopic (exact) mass is 304 g/mol. The molecule has 0 saturated carbocycles. The number of hydrogen-bond acceptors (Lipinski definition) is 3. The second-order valence-electron chi connectivity index (χ2n) is 5.94. The van der Waals surface area contributed by atoms with Crippen LogP contribution in [0.1, 0.15) is 25.8 Å². The van der Waals surface area contributed by atoms with Crippen molar-refractivity contribution >= 4 is 11.0 Å². The Hall–Kier alpha value is -2.64. The van der Waals surface area contributed by atoms with Gasteiger partial charge in [0.05, 0.1) is 6.20 Å². The molecule has 4 heteroatoms. The summed E-state index contributed by atoms with van der Waals surface area (Å²) in [5.74, 6) is 6.14. The van der Waals surface area contributed by atoms with Crippen molar-refractivity contribution in [3.63, 3.8) is 0 Å². The SMILES string of the molecule is CC#CC[C@](C)(CN)c1cccc(-c2ccnc3[nH]ncc23)c1. The number of fused-ring (bicyclic) bond motifs is 1. The fourth-order valence-corrected chi connectivity index (χ4v) is 2.74. The third kappa shape index (κ3) is 2.84. The summed E-state index contributed by atoms with van der Waals surface area (Å²) in [6.07, 6.45) is 4.36. The van der Waals surface area contributed by atoms with Crippen LogP contribution in [0.25, 0.3) is 22.2 Å². The molecule has 0 aliphatic rings. The van der Waals surface area contributed by atoms with Gasteiger partial charge >= 0.3 is 0 Å². The Morgan fingerprint density at radius 3 is 2.96 bits per heavy atom. The lowest BCUT2D eigenvalue weighted by molar-refractivity contribution is 0.498. The average molecular weight is 304 g/mol. The number of H-pyrrole nitrogens is 1. The maximum absolute atomic E-state index is 6.05. The van der Waals surface area contributed by atoms with Crippen molar-refractivity contribution in [3.8, 4) is 23.0 Å². The van der Waals surface area contributed by atoms with E-state index in [-0.39, 0.29) is 5.41 Å². The topological polar surface area (TPSA) is 67.6 Å². The molecule has 0 amide bonds. The van der Waals surface area contributed by atoms with E-state index < -0.39 is 0 Å². The van der Waals surface area contributed by atoms with Crippen LogP contribution in [0.3, 0.4) is 0 Å². The highest BCUT2D eigenvalue weighted by molar-refractivity contribution is 5.92. The molecule has 3 aromatic rings. The molecule has 1 atom stereocenters. The zero-order chi connectivity index (χ0) is 16.3. The average Bonchev–Trinajstić information content (AvgIpc) is 3.08. The van der Waals surface area contributed by atoms with Crippen LogP contribution in [-0.4, -0.2) is 21.7 Å². The highest BCUT2D eigenvalue weighted by Crippen LogP contribution is 2.32. The maximum Gasteiger partial charge on any atom is 0.155 e. The molecule has 0 saturated heterocycles. The summed E-state index contributed by atoms with van der Waals surface area (Å²) in [4.78, 5) is 4.30. The van der Waals surface area contributed by atoms with Crippen molar-refractivity contribution in [2.45, 2.75) is 25.7 Å². The summed E-state index contributed by atoms with van der Waals surface area (Å²) in [6, 6.07) is 10.5. The van der Waals surface area contributed by atoms with Gasteiger partial charge in [0.2, 0.25) is 0 Å². The molecule has 0 aliphatic carbocycles. The number of nitrogens with one attached hydrogen (secondary N) is 1. The second kappa shape index (κ2) is 6.23. The first kappa shape index (κ1) is 15.3. The van der Waals surface area contributed by atoms with Crippen molar-refractivity contribution < 1.29 is 0 Å². The van der Waals surface area contributed by atoms with Gasteiger partial charge in [-0.05, 0) is 29.7 Å². The molecule has 0 fully saturated rings. The number of rotatable bonds is 4. The first-order chi connectivity index (χ1) is 11.2. The molecule has 0 radical (unpaired) electrons. The Kier molecular flexibility index (Phi) is 4.14. The molecule has 1 aromatic carbocycles. The summed E-state index contributed by atoms with van der Waals surface area (Å²) < 4.78 is 0. The number of aromatic nitrogens is 3. The third-order valence-electron chi connectivity index (χ3n) is 4.33. The minimum absolute atomic E-state index is 0.151. The lowest BCUT2D eigenvalue weighted by Crippen LogP contribution is -2.31. The molecule has 116 valence electrons. The van der Waals surface area contributed by atoms with Crippen LogP contribution >= 0.6 is 0 Å². The smallest absolute Gasteiger partial charge is 0.155 e. The fraction of sp³-hybridized carbons (Fsp3) is 0.263. The number of nitrogens with zero attached hydrogens (tertiary/aromatic N) is 2. The maximum atomic E-state index is 6.05. The van der Waals surface area contributed by atoms with Gasteiger partial charge in [-0.3, -0.25) is 5.10 Å². The van der Waals surface area contributed by atoms with E-state index in [4.69, 9.17) is 5.73 Å². The van der Waals surface area contributed by atoms with Gasteiger partial charge in [-0.1, -0.05) is 31.2 Å². The van der Waals surface area contributed by atoms with Crippen LogP contribution in [0.4, 0.5) is 0 Å². The van der Waals surface area contributed by atoms with Gasteiger partial charge in [0.1, 0.15) is 0 Å². The lowest BCUT2D eigenvalue weighted by atomic mass is 9.79. The molecule has 0 unspecified atom stereocenters. The lowest BCUT2D eigenvalue weighted by Gasteiger charge is -2.27. The number of pyridine rings is 1. The van der Waals surface area contributed by atoms with E-state index in [0.717, 1.165) is 28.6 Å². The van der Waals surface area contributed by atoms with Crippen LogP contribution in [0.5, 0.6) is 0 Å². The van der Waals surface area contributed by atoms with E-state index in [2.05, 4.69) is 58.2 Å². The third-order valence-corrected chi connectivity index (χ3v) is 4.33. The van der Waals surface area contributed by atoms with Crippen LogP contribution in [0, 0.1) is 11.8 Å². The van der Waals surface area contributed by atoms with E-state index in [1.165, 1.54) is 5.56 Å². The normalized spacial score (nSPS) is 13.3. The predicted octanol–water partition coefficient (Wildman–Crippen LogP) is 3.25. The predicted molar refractivity (Wildman–Crippen MR) is 93.8 cm³/mol. The molecule has 0 bridgehead atoms. The zero-order valence-corrected chi connectivity index (χ0v) is 13.4. The van der Waals surface area contributed by atoms with Gasteiger partial charge in [-0.15, -0.1) is 11.8 Å². The van der Waals surface area contributed by atoms with Gasteiger partial charge in [0, 0.05) is 30.0 Å². The van der Waals surface area contributed by atoms with Crippen molar-refractivity contribution in [2.75, 3.05) is 6.54 Å². The summed E-state index contributed by atoms with van der Waals surface area (Å²) in [6.45, 7) is 4.58. The number of nitrogens with two attached hydrogens (primary N) is 1. The van der Waals surface area contributed by atoms with Crippen LogP contribution in [0.2, 0.25) is 0 Å². The quantitative estimate of drug-likeness (QED) is 0.727. The molecular formula is C19H20N4. The van der Waals surface area contributed by atoms with E-state index in [9.17, 15) is 0 Å². The molecule has 23 heavy (non-hydrogen) atoms. The molecule has 0 spiro atoms. The van der Waals surface area contributed by atoms with Crippen molar-refractivity contribution in [1.29, 1.82) is 0 Å². The molecule has 2 aromatic heterocycles. The van der Waals surface area contributed by atoms with E-state index in [1.54, 1.807) is 6.20 Å². The van der Waals surface area contributed by atoms with Gasteiger partial charge in [-0.2, -0.15) is 5.10 Å². The fourth-order valence-electron chi connectivity index (χ4n) is 2.74. The first-order valence-corrected chi connectivity index (χ1v) is 7.66. The Morgan fingerprint density at radius 2 is 2.17 bits per heavy atom. The molecule has 0 aliphatic heterocycles. The molecule has 2 heterocycles. The van der Waals surface area contributed by atoms with Gasteiger partial charge in [0.15, 0.2) is 5.65 Å². The highest BCUT2D eigenvalue weighted by Gasteiger charge is 2.24. The van der Waals surface area contributed by atoms with E-state index in [1.807, 2.05) is 19.2 Å². The molecule has 3 N–H and O–H groups in total. The van der Waals surface area contributed by atoms with Crippen LogP contribution < -0.4 is 5.73 Å². The summed E-state index contributed by atoms with van der Waals surface area (Å²) in [5, 5.41) is 8.02. The van der Waals surface area contributed by atoms with Crippen LogP contribution in [0.15, 0.2) is 42.7 Å². The van der Waals surface area contributed by atoms with Crippen molar-refractivity contribution in [2.24, 2.45) is 5.73 Å². The number of benzene rings is 1. The highest BCUT2D eigenvalue weighted by atomic mass is 15.1. The summed E-state index contributed by atoms with van der Waals surface area (Å²) in [5.41, 5.74) is 10.2. The summed E-state index contributed by atoms with van der Waals surface area (Å²) in [7, 11) is 0. The van der Waals surface area contributed by atoms with Gasteiger partial charge < -0.3 is 5.73 Å². The van der Waals surface area contributed by atoms with Crippen molar-refractivity contribution in [1.82, 2.24) is 15.2 Å². The van der Waals surface area contributed by atoms with Gasteiger partial charge in [0.25, 0.3) is 0 Å². The van der Waals surface area contributed by atoms with Crippen LogP contribution in [-0.2, 0) is 5.41 Å². The van der Waals surface area contributed by atoms with E-state index in [0.29, 0.717) is 6.54 Å². The Labute approximate surface area is 136 Å². The second-order valence-corrected chi connectivity index (χ2v) is 5.94. The standard InChI is InChI=1S/C19H20N4/c1-3-4-9-19(2,13-20)15-7-5-6-14(11-15)16-8-10-21-18-17(16)12-22-23-18/h5-8,10-12H,9,13,20H2,1-2H3,(H,21,22,23)/t19-/m1/s1. The Morgan fingerprint density at radius 1 is 1.30 bits per heavy atom. The molecule has 3 rings (SSSR count). The first-order valence-electron chi connectivity index (χ1n) is 7.66. The molecular weight excluding hydrogens is 284 g/mol. The van der Waals surface area contributed by atoms with Crippen molar-refractivity contribution in [3.05, 3.63) is 48.3 Å². The number of hydrogen-bond donors (Lipinski definition) is 2. The summed E-state index contributed by atoms with van der Waals surface area (Å²) >= 11 is 0. The zero-order valence-electron chi connectivity index (χ0n) is 13.4. The van der Waals surface area contributed by atoms with E-state index >= 15 is 0 Å². The minimum Gasteiger partial charge on any atom is -0.330 e. The number of aromatic amines is 1. The molecule has 4 nitrogen and oxygen atoms in total. The minimum atomic E-state index is -0.151. The largest absolute Gasteiger partial charge is 0.330 e. The van der Waals surface area contributed by atoms with Gasteiger partial charge in [-0.25, -0.2) is 4.98 Å². The Balaban J connectivity index is 2.09.